The fourth-order valence-electron chi connectivity index (χ4n) is 0. The monoisotopic (exact) mass is 141 g/mol. The lowest BCUT2D eigenvalue weighted by molar-refractivity contribution is -0.116. The normalized spacial score (nSPS) is 5.50. The molecular weight excluding hydrogens is 130 g/mol. The second kappa shape index (κ2) is 15.8. The van der Waals surface area contributed by atoms with E-state index in [1.54, 1.807) is 6.92 Å². The predicted octanol–water partition coefficient (Wildman–Crippen LogP) is 0.742. The van der Waals surface area contributed by atoms with Gasteiger partial charge < -0.3 is 10.0 Å². The minimum Gasteiger partial charge on any atom is -0.320 e. The number of carbonyl (C=O) groups excluding carboxylic acids is 1. The molecule has 0 aromatic rings. The molecule has 0 saturated carbocycles. The van der Waals surface area contributed by atoms with Crippen molar-refractivity contribution in [3.8, 4) is 0 Å². The van der Waals surface area contributed by atoms with Gasteiger partial charge in [-0.3, -0.25) is 0 Å². The van der Waals surface area contributed by atoms with Gasteiger partial charge in [-0.25, -0.2) is 5.90 Å². The first-order chi connectivity index (χ1) is 3.27. The average molecular weight is 142 g/mol. The Balaban J connectivity index is -0.0000000750. The molecule has 0 rings (SSSR count). The summed E-state index contributed by atoms with van der Waals surface area (Å²) in [6.07, 6.45) is 0.667. The van der Waals surface area contributed by atoms with Crippen LogP contribution >= 0.6 is 12.4 Å². The molecule has 0 saturated heterocycles. The number of hydrogen-bond donors (Lipinski definition) is 2. The maximum absolute atomic E-state index is 9.81. The van der Waals surface area contributed by atoms with Crippen LogP contribution in [0.3, 0.4) is 0 Å². The summed E-state index contributed by atoms with van der Waals surface area (Å²) in [4.78, 5) is 9.81. The number of rotatable bonds is 1. The van der Waals surface area contributed by atoms with Crippen molar-refractivity contribution < 1.29 is 10.0 Å². The zero-order valence-electron chi connectivity index (χ0n) is 5.05. The van der Waals surface area contributed by atoms with E-state index in [9.17, 15) is 4.79 Å². The van der Waals surface area contributed by atoms with E-state index >= 15 is 0 Å². The summed E-state index contributed by atoms with van der Waals surface area (Å²) in [5.74, 6) is 3.75. The highest BCUT2D eigenvalue weighted by Crippen LogP contribution is 1.71. The topological polar surface area (TPSA) is 63.3 Å². The fraction of sp³-hybridized carbons (Fsp3) is 0.750. The molecule has 8 heavy (non-hydrogen) atoms. The van der Waals surface area contributed by atoms with Gasteiger partial charge >= 0.3 is 0 Å². The van der Waals surface area contributed by atoms with Crippen molar-refractivity contribution in [3.63, 3.8) is 0 Å². The molecule has 0 atom stereocenters. The van der Waals surface area contributed by atoms with Crippen molar-refractivity contribution in [3.05, 3.63) is 0 Å². The maximum atomic E-state index is 9.81. The van der Waals surface area contributed by atoms with Crippen LogP contribution in [0.4, 0.5) is 0 Å². The number of halogens is 1. The number of nitrogens with two attached hydrogens (primary N) is 1. The lowest BCUT2D eigenvalue weighted by Gasteiger charge is -1.71. The van der Waals surface area contributed by atoms with Gasteiger partial charge in [-0.05, 0) is 6.92 Å². The molecule has 0 spiro atoms. The third-order valence-electron chi connectivity index (χ3n) is 0.498. The molecule has 0 aliphatic heterocycles. The molecule has 0 bridgehead atoms. The van der Waals surface area contributed by atoms with Gasteiger partial charge in [0.15, 0.2) is 0 Å². The van der Waals surface area contributed by atoms with E-state index in [1.165, 1.54) is 0 Å². The molecule has 3 N–H and O–H groups in total. The minimum absolute atomic E-state index is 0. The molecule has 0 aliphatic carbocycles. The molecule has 52 valence electrons. The minimum atomic E-state index is 0. The summed E-state index contributed by atoms with van der Waals surface area (Å²) in [7, 11) is 0. The van der Waals surface area contributed by atoms with Crippen molar-refractivity contribution in [2.24, 2.45) is 5.90 Å². The average Bonchev–Trinajstić information content (AvgIpc) is 1.73. The Morgan fingerprint density at radius 1 is 1.62 bits per heavy atom. The molecule has 0 amide bonds. The number of carbonyl (C=O) groups is 1. The number of hydrogen-bond acceptors (Lipinski definition) is 3. The molecule has 0 unspecified atom stereocenters. The molecule has 3 nitrogen and oxygen atoms in total. The highest BCUT2D eigenvalue weighted by molar-refractivity contribution is 5.85. The number of ketones is 1. The largest absolute Gasteiger partial charge is 0.320 e. The van der Waals surface area contributed by atoms with E-state index < -0.39 is 0 Å². The van der Waals surface area contributed by atoms with Crippen molar-refractivity contribution in [2.45, 2.75) is 20.3 Å². The van der Waals surface area contributed by atoms with Crippen LogP contribution in [0.25, 0.3) is 0 Å². The second-order valence-corrected chi connectivity index (χ2v) is 1.06. The highest BCUT2D eigenvalue weighted by atomic mass is 35.5. The lowest BCUT2D eigenvalue weighted by Crippen LogP contribution is -1.80. The van der Waals surface area contributed by atoms with E-state index in [2.05, 4.69) is 5.90 Å². The quantitative estimate of drug-likeness (QED) is 0.530. The van der Waals surface area contributed by atoms with Crippen molar-refractivity contribution >= 4 is 18.2 Å². The first-order valence-corrected chi connectivity index (χ1v) is 2.02. The Hall–Kier alpha value is -0.120. The van der Waals surface area contributed by atoms with Crippen LogP contribution in [-0.2, 0) is 4.79 Å². The van der Waals surface area contributed by atoms with E-state index in [0.29, 0.717) is 6.42 Å². The third-order valence-corrected chi connectivity index (χ3v) is 0.498. The smallest absolute Gasteiger partial charge is 0.129 e. The van der Waals surface area contributed by atoms with Crippen molar-refractivity contribution in [2.75, 3.05) is 0 Å². The van der Waals surface area contributed by atoms with Crippen molar-refractivity contribution in [1.82, 2.24) is 0 Å². The van der Waals surface area contributed by atoms with Crippen LogP contribution in [0.1, 0.15) is 20.3 Å². The van der Waals surface area contributed by atoms with Crippen LogP contribution in [0, 0.1) is 0 Å². The summed E-state index contributed by atoms with van der Waals surface area (Å²) < 4.78 is 0. The number of Topliss-reactive ketones (excluding diaryl/α,β-unsaturated/α-hetero) is 1. The van der Waals surface area contributed by atoms with E-state index in [0.717, 1.165) is 0 Å². The Labute approximate surface area is 55.2 Å². The summed E-state index contributed by atoms with van der Waals surface area (Å²) in [6, 6.07) is 0. The van der Waals surface area contributed by atoms with Gasteiger partial charge in [0.1, 0.15) is 5.78 Å². The Morgan fingerprint density at radius 3 is 1.75 bits per heavy atom. The van der Waals surface area contributed by atoms with E-state index in [4.69, 9.17) is 5.21 Å². The maximum Gasteiger partial charge on any atom is 0.129 e. The summed E-state index contributed by atoms with van der Waals surface area (Å²) in [5, 5.41) is 6.50. The van der Waals surface area contributed by atoms with E-state index in [-0.39, 0.29) is 18.2 Å². The molecule has 0 radical (unpaired) electrons. The van der Waals surface area contributed by atoms with Gasteiger partial charge in [0.05, 0.1) is 0 Å². The van der Waals surface area contributed by atoms with Gasteiger partial charge in [-0.2, -0.15) is 0 Å². The SMILES string of the molecule is CCC(C)=O.Cl.NO. The molecule has 0 aromatic carbocycles. The zero-order valence-corrected chi connectivity index (χ0v) is 5.86. The summed E-state index contributed by atoms with van der Waals surface area (Å²) in [5.41, 5.74) is 0. The second-order valence-electron chi connectivity index (χ2n) is 1.06. The molecular formula is C4H12ClNO2. The predicted molar refractivity (Wildman–Crippen MR) is 34.2 cm³/mol. The zero-order chi connectivity index (χ0) is 6.28. The van der Waals surface area contributed by atoms with Gasteiger partial charge in [0.2, 0.25) is 0 Å². The van der Waals surface area contributed by atoms with Crippen molar-refractivity contribution in [1.29, 1.82) is 0 Å². The molecule has 4 heteroatoms. The third kappa shape index (κ3) is 39.6. The van der Waals surface area contributed by atoms with Gasteiger partial charge in [-0.15, -0.1) is 12.4 Å². The molecule has 0 fully saturated rings. The van der Waals surface area contributed by atoms with Gasteiger partial charge in [0.25, 0.3) is 0 Å². The summed E-state index contributed by atoms with van der Waals surface area (Å²) in [6.45, 7) is 3.43. The van der Waals surface area contributed by atoms with Crippen LogP contribution in [0.15, 0.2) is 0 Å². The first kappa shape index (κ1) is 15.7. The first-order valence-electron chi connectivity index (χ1n) is 2.02. The summed E-state index contributed by atoms with van der Waals surface area (Å²) >= 11 is 0. The lowest BCUT2D eigenvalue weighted by atomic mass is 10.4. The Kier molecular flexibility index (Phi) is 30.9. The molecule has 0 aliphatic rings. The van der Waals surface area contributed by atoms with Crippen LogP contribution in [0.2, 0.25) is 0 Å². The van der Waals surface area contributed by atoms with Crippen LogP contribution in [-0.4, -0.2) is 11.0 Å². The molecule has 0 heterocycles. The van der Waals surface area contributed by atoms with Gasteiger partial charge in [0, 0.05) is 6.42 Å². The van der Waals surface area contributed by atoms with Gasteiger partial charge in [-0.1, -0.05) is 6.92 Å². The standard InChI is InChI=1S/C4H8O.ClH.H3NO/c1-3-4(2)5;;1-2/h3H2,1-2H3;1H;2H,1H2. The highest BCUT2D eigenvalue weighted by Gasteiger charge is 1.76. The van der Waals surface area contributed by atoms with E-state index in [1.807, 2.05) is 6.92 Å². The Bertz CT molecular complexity index is 49.3. The van der Waals surface area contributed by atoms with Crippen LogP contribution in [0.5, 0.6) is 0 Å². The van der Waals surface area contributed by atoms with Crippen LogP contribution < -0.4 is 5.90 Å². The fourth-order valence-corrected chi connectivity index (χ4v) is 0. The Morgan fingerprint density at radius 2 is 1.75 bits per heavy atom. The molecule has 0 aromatic heterocycles.